The number of hydrogen-bond donors (Lipinski definition) is 2. The first-order valence-corrected chi connectivity index (χ1v) is 11.6. The van der Waals surface area contributed by atoms with Crippen LogP contribution < -0.4 is 10.8 Å². The first kappa shape index (κ1) is 22.0. The van der Waals surface area contributed by atoms with Crippen LogP contribution in [0.15, 0.2) is 41.4 Å². The molecule has 7 nitrogen and oxygen atoms in total. The molecule has 1 saturated heterocycles. The lowest BCUT2D eigenvalue weighted by Gasteiger charge is -2.17. The molecule has 1 amide bonds. The zero-order valence-electron chi connectivity index (χ0n) is 17.2. The molecule has 164 valence electrons. The van der Waals surface area contributed by atoms with Crippen LogP contribution in [-0.2, 0) is 14.3 Å². The first-order valence-electron chi connectivity index (χ1n) is 9.58. The van der Waals surface area contributed by atoms with E-state index in [-0.39, 0.29) is 18.4 Å². The minimum Gasteiger partial charge on any atom is -0.351 e. The van der Waals surface area contributed by atoms with E-state index in [1.807, 2.05) is 26.2 Å². The Labute approximate surface area is 187 Å². The van der Waals surface area contributed by atoms with Crippen LogP contribution in [-0.4, -0.2) is 41.6 Å². The summed E-state index contributed by atoms with van der Waals surface area (Å²) >= 11 is 2.68. The SMILES string of the molecule is CSc1ccc(Nc2c(C(=O)NOC[C@H]3COC(C)(C)O3)ccc3cnsc23)c(F)c1. The fourth-order valence-corrected chi connectivity index (χ4v) is 4.38. The van der Waals surface area contributed by atoms with E-state index in [0.717, 1.165) is 15.0 Å². The van der Waals surface area contributed by atoms with Gasteiger partial charge in [0, 0.05) is 16.5 Å². The van der Waals surface area contributed by atoms with Gasteiger partial charge in [-0.15, -0.1) is 11.8 Å². The van der Waals surface area contributed by atoms with Crippen molar-refractivity contribution >= 4 is 50.7 Å². The Morgan fingerprint density at radius 3 is 2.94 bits per heavy atom. The number of thioether (sulfide) groups is 1. The predicted molar refractivity (Wildman–Crippen MR) is 119 cm³/mol. The summed E-state index contributed by atoms with van der Waals surface area (Å²) in [7, 11) is 0. The minimum absolute atomic E-state index is 0.144. The van der Waals surface area contributed by atoms with Crippen LogP contribution in [0.4, 0.5) is 15.8 Å². The summed E-state index contributed by atoms with van der Waals surface area (Å²) in [5, 5.41) is 3.92. The zero-order chi connectivity index (χ0) is 22.0. The third-order valence-corrected chi connectivity index (χ3v) is 6.26. The molecule has 2 N–H and O–H groups in total. The van der Waals surface area contributed by atoms with E-state index in [0.29, 0.717) is 17.9 Å². The number of carbonyl (C=O) groups is 1. The van der Waals surface area contributed by atoms with Gasteiger partial charge in [0.2, 0.25) is 0 Å². The monoisotopic (exact) mass is 463 g/mol. The Hall–Kier alpha value is -2.24. The van der Waals surface area contributed by atoms with Gasteiger partial charge in [-0.25, -0.2) is 9.87 Å². The lowest BCUT2D eigenvalue weighted by Crippen LogP contribution is -2.30. The maximum atomic E-state index is 14.6. The summed E-state index contributed by atoms with van der Waals surface area (Å²) in [5.41, 5.74) is 3.50. The van der Waals surface area contributed by atoms with Gasteiger partial charge in [-0.3, -0.25) is 9.63 Å². The largest absolute Gasteiger partial charge is 0.351 e. The van der Waals surface area contributed by atoms with E-state index in [2.05, 4.69) is 15.2 Å². The van der Waals surface area contributed by atoms with Crippen LogP contribution in [0, 0.1) is 5.82 Å². The number of aromatic nitrogens is 1. The quantitative estimate of drug-likeness (QED) is 0.388. The number of benzene rings is 2. The number of hydroxylamine groups is 1. The highest BCUT2D eigenvalue weighted by atomic mass is 32.2. The summed E-state index contributed by atoms with van der Waals surface area (Å²) in [4.78, 5) is 19.0. The van der Waals surface area contributed by atoms with Crippen molar-refractivity contribution in [2.75, 3.05) is 24.8 Å². The van der Waals surface area contributed by atoms with Gasteiger partial charge in [-0.1, -0.05) is 6.07 Å². The van der Waals surface area contributed by atoms with E-state index < -0.39 is 17.5 Å². The van der Waals surface area contributed by atoms with E-state index in [9.17, 15) is 9.18 Å². The third-order valence-electron chi connectivity index (χ3n) is 4.71. The van der Waals surface area contributed by atoms with Crippen molar-refractivity contribution in [3.05, 3.63) is 47.9 Å². The zero-order valence-corrected chi connectivity index (χ0v) is 18.9. The number of nitrogens with zero attached hydrogens (tertiary/aromatic N) is 1. The Morgan fingerprint density at radius 2 is 2.23 bits per heavy atom. The molecule has 1 aromatic heterocycles. The summed E-state index contributed by atoms with van der Waals surface area (Å²) in [6.45, 7) is 4.16. The van der Waals surface area contributed by atoms with Gasteiger partial charge in [-0.05, 0) is 55.9 Å². The summed E-state index contributed by atoms with van der Waals surface area (Å²) in [6.07, 6.45) is 3.31. The van der Waals surface area contributed by atoms with Crippen molar-refractivity contribution in [2.45, 2.75) is 30.6 Å². The molecule has 0 aliphatic carbocycles. The summed E-state index contributed by atoms with van der Waals surface area (Å²) < 4.78 is 30.7. The van der Waals surface area contributed by atoms with Gasteiger partial charge < -0.3 is 14.8 Å². The topological polar surface area (TPSA) is 81.7 Å². The molecular formula is C21H22FN3O4S2. The molecule has 2 heterocycles. The lowest BCUT2D eigenvalue weighted by molar-refractivity contribution is -0.147. The highest BCUT2D eigenvalue weighted by molar-refractivity contribution is 7.98. The minimum atomic E-state index is -0.664. The van der Waals surface area contributed by atoms with Gasteiger partial charge in [0.05, 0.1) is 28.2 Å². The number of anilines is 2. The highest BCUT2D eigenvalue weighted by Crippen LogP contribution is 2.34. The Morgan fingerprint density at radius 1 is 1.39 bits per heavy atom. The second-order valence-corrected chi connectivity index (χ2v) is 9.08. The molecule has 1 aliphatic heterocycles. The molecule has 2 aromatic carbocycles. The smallest absolute Gasteiger partial charge is 0.277 e. The molecule has 0 bridgehead atoms. The van der Waals surface area contributed by atoms with Crippen LogP contribution in [0.1, 0.15) is 24.2 Å². The van der Waals surface area contributed by atoms with Gasteiger partial charge in [0.1, 0.15) is 18.5 Å². The fourth-order valence-electron chi connectivity index (χ4n) is 3.21. The predicted octanol–water partition coefficient (Wildman–Crippen LogP) is 4.71. The number of carbonyl (C=O) groups excluding carboxylic acids is 1. The number of ether oxygens (including phenoxy) is 2. The van der Waals surface area contributed by atoms with Crippen molar-refractivity contribution < 1.29 is 23.5 Å². The van der Waals surface area contributed by atoms with E-state index in [4.69, 9.17) is 14.3 Å². The van der Waals surface area contributed by atoms with E-state index in [1.54, 1.807) is 24.4 Å². The van der Waals surface area contributed by atoms with Crippen molar-refractivity contribution in [3.8, 4) is 0 Å². The summed E-state index contributed by atoms with van der Waals surface area (Å²) in [5.74, 6) is -1.53. The van der Waals surface area contributed by atoms with Crippen LogP contribution >= 0.6 is 23.3 Å². The molecule has 4 rings (SSSR count). The number of fused-ring (bicyclic) bond motifs is 1. The van der Waals surface area contributed by atoms with Gasteiger partial charge in [0.25, 0.3) is 5.91 Å². The first-order chi connectivity index (χ1) is 14.9. The Kier molecular flexibility index (Phi) is 6.44. The van der Waals surface area contributed by atoms with Crippen molar-refractivity contribution in [3.63, 3.8) is 0 Å². The number of nitrogens with one attached hydrogen (secondary N) is 2. The molecule has 0 saturated carbocycles. The van der Waals surface area contributed by atoms with Crippen molar-refractivity contribution in [2.24, 2.45) is 0 Å². The fraction of sp³-hybridized carbons (Fsp3) is 0.333. The Bertz CT molecular complexity index is 1110. The van der Waals surface area contributed by atoms with Crippen LogP contribution in [0.3, 0.4) is 0 Å². The third kappa shape index (κ3) is 4.99. The van der Waals surface area contributed by atoms with Gasteiger partial charge in [0.15, 0.2) is 5.79 Å². The average Bonchev–Trinajstić information content (AvgIpc) is 3.35. The standard InChI is InChI=1S/C21H22FN3O4S2/c1-21(2)27-10-13(29-21)11-28-25-20(26)15-6-4-12-9-23-31-19(12)18(15)24-17-7-5-14(30-3)8-16(17)22/h4-9,13,24H,10-11H2,1-3H3,(H,25,26)/t13-/m1/s1. The van der Waals surface area contributed by atoms with E-state index >= 15 is 0 Å². The molecule has 31 heavy (non-hydrogen) atoms. The number of hydrogen-bond acceptors (Lipinski definition) is 8. The van der Waals surface area contributed by atoms with Crippen LogP contribution in [0.2, 0.25) is 0 Å². The Balaban J connectivity index is 1.53. The number of rotatable bonds is 7. The van der Waals surface area contributed by atoms with Crippen LogP contribution in [0.5, 0.6) is 0 Å². The van der Waals surface area contributed by atoms with Gasteiger partial charge in [-0.2, -0.15) is 4.37 Å². The van der Waals surface area contributed by atoms with E-state index in [1.165, 1.54) is 29.4 Å². The maximum Gasteiger partial charge on any atom is 0.277 e. The molecule has 0 radical (unpaired) electrons. The highest BCUT2D eigenvalue weighted by Gasteiger charge is 2.33. The second kappa shape index (κ2) is 9.09. The molecule has 1 fully saturated rings. The van der Waals surface area contributed by atoms with Crippen LogP contribution in [0.25, 0.3) is 10.1 Å². The molecule has 0 spiro atoms. The number of amides is 1. The number of halogens is 1. The van der Waals surface area contributed by atoms with Crippen molar-refractivity contribution in [1.82, 2.24) is 9.85 Å². The maximum absolute atomic E-state index is 14.6. The van der Waals surface area contributed by atoms with Gasteiger partial charge >= 0.3 is 0 Å². The normalized spacial score (nSPS) is 17.7. The molecule has 3 aromatic rings. The molecular weight excluding hydrogens is 441 g/mol. The molecule has 1 aliphatic rings. The van der Waals surface area contributed by atoms with Crippen molar-refractivity contribution in [1.29, 1.82) is 0 Å². The molecule has 10 heteroatoms. The molecule has 0 unspecified atom stereocenters. The lowest BCUT2D eigenvalue weighted by atomic mass is 10.1. The average molecular weight is 464 g/mol. The summed E-state index contributed by atoms with van der Waals surface area (Å²) in [6, 6.07) is 8.37. The second-order valence-electron chi connectivity index (χ2n) is 7.40. The molecule has 1 atom stereocenters.